The van der Waals surface area contributed by atoms with E-state index in [0.717, 1.165) is 11.1 Å². The Kier molecular flexibility index (Phi) is 2.74. The van der Waals surface area contributed by atoms with Gasteiger partial charge in [-0.1, -0.05) is 12.1 Å². The Morgan fingerprint density at radius 1 is 1.00 bits per heavy atom. The van der Waals surface area contributed by atoms with E-state index in [-0.39, 0.29) is 5.54 Å². The van der Waals surface area contributed by atoms with Gasteiger partial charge in [0.1, 0.15) is 19.3 Å². The second-order valence-electron chi connectivity index (χ2n) is 5.06. The standard InChI is InChI=1S/C14H14N4O/c1-14(2)7-19-13(18-14)11-5-3-10(4-6-11)12-16-8-15-9-17-12/h3-6,8-9H,7H2,1-2H3. The van der Waals surface area contributed by atoms with Crippen LogP contribution in [0, 0.1) is 0 Å². The van der Waals surface area contributed by atoms with E-state index in [9.17, 15) is 0 Å². The number of hydrogen-bond donors (Lipinski definition) is 0. The first-order valence-corrected chi connectivity index (χ1v) is 6.09. The number of nitrogens with zero attached hydrogens (tertiary/aromatic N) is 4. The lowest BCUT2D eigenvalue weighted by molar-refractivity contribution is 0.279. The van der Waals surface area contributed by atoms with Crippen LogP contribution in [0.2, 0.25) is 0 Å². The van der Waals surface area contributed by atoms with Crippen molar-refractivity contribution in [2.45, 2.75) is 19.4 Å². The molecule has 0 spiro atoms. The highest BCUT2D eigenvalue weighted by Gasteiger charge is 2.26. The Labute approximate surface area is 111 Å². The van der Waals surface area contributed by atoms with Gasteiger partial charge in [0.05, 0.1) is 5.54 Å². The summed E-state index contributed by atoms with van der Waals surface area (Å²) in [6.07, 6.45) is 2.98. The minimum atomic E-state index is -0.137. The van der Waals surface area contributed by atoms with Crippen LogP contribution in [0.1, 0.15) is 19.4 Å². The molecule has 0 saturated carbocycles. The molecule has 1 aliphatic heterocycles. The van der Waals surface area contributed by atoms with Crippen LogP contribution >= 0.6 is 0 Å². The normalized spacial score (nSPS) is 16.8. The Morgan fingerprint density at radius 3 is 2.21 bits per heavy atom. The fourth-order valence-corrected chi connectivity index (χ4v) is 1.88. The molecule has 1 aromatic heterocycles. The summed E-state index contributed by atoms with van der Waals surface area (Å²) in [6, 6.07) is 7.86. The Bertz CT molecular complexity index is 605. The smallest absolute Gasteiger partial charge is 0.216 e. The van der Waals surface area contributed by atoms with Crippen LogP contribution < -0.4 is 0 Å². The van der Waals surface area contributed by atoms with Gasteiger partial charge in [-0.05, 0) is 26.0 Å². The van der Waals surface area contributed by atoms with Gasteiger partial charge in [-0.3, -0.25) is 0 Å². The summed E-state index contributed by atoms with van der Waals surface area (Å²) in [6.45, 7) is 4.73. The number of aromatic nitrogens is 3. The van der Waals surface area contributed by atoms with Gasteiger partial charge >= 0.3 is 0 Å². The van der Waals surface area contributed by atoms with E-state index >= 15 is 0 Å². The van der Waals surface area contributed by atoms with E-state index in [1.54, 1.807) is 0 Å². The Morgan fingerprint density at radius 2 is 1.63 bits per heavy atom. The molecular formula is C14H14N4O. The van der Waals surface area contributed by atoms with Crippen LogP contribution in [0.3, 0.4) is 0 Å². The summed E-state index contributed by atoms with van der Waals surface area (Å²) in [5.74, 6) is 1.36. The van der Waals surface area contributed by atoms with Crippen LogP contribution in [0.5, 0.6) is 0 Å². The van der Waals surface area contributed by atoms with Crippen LogP contribution in [0.15, 0.2) is 41.9 Å². The summed E-state index contributed by atoms with van der Waals surface area (Å²) in [4.78, 5) is 16.6. The topological polar surface area (TPSA) is 60.3 Å². The van der Waals surface area contributed by atoms with Gasteiger partial charge in [-0.25, -0.2) is 19.9 Å². The maximum Gasteiger partial charge on any atom is 0.216 e. The summed E-state index contributed by atoms with van der Waals surface area (Å²) in [5.41, 5.74) is 1.79. The highest BCUT2D eigenvalue weighted by atomic mass is 16.5. The molecule has 19 heavy (non-hydrogen) atoms. The predicted octanol–water partition coefficient (Wildman–Crippen LogP) is 2.09. The third-order valence-electron chi connectivity index (χ3n) is 2.85. The molecule has 3 rings (SSSR count). The zero-order chi connectivity index (χ0) is 13.3. The molecule has 0 N–H and O–H groups in total. The van der Waals surface area contributed by atoms with Crippen molar-refractivity contribution in [2.24, 2.45) is 4.99 Å². The Hall–Kier alpha value is -2.30. The van der Waals surface area contributed by atoms with Crippen molar-refractivity contribution in [3.05, 3.63) is 42.5 Å². The molecule has 0 aliphatic carbocycles. The van der Waals surface area contributed by atoms with E-state index in [1.165, 1.54) is 12.7 Å². The molecule has 1 aliphatic rings. The average molecular weight is 254 g/mol. The van der Waals surface area contributed by atoms with Crippen LogP contribution in [0.25, 0.3) is 11.4 Å². The molecule has 0 bridgehead atoms. The fourth-order valence-electron chi connectivity index (χ4n) is 1.88. The molecular weight excluding hydrogens is 240 g/mol. The van der Waals surface area contributed by atoms with Crippen molar-refractivity contribution < 1.29 is 4.74 Å². The van der Waals surface area contributed by atoms with Gasteiger partial charge in [0.25, 0.3) is 0 Å². The van der Waals surface area contributed by atoms with Gasteiger partial charge in [0.2, 0.25) is 5.90 Å². The molecule has 0 saturated heterocycles. The van der Waals surface area contributed by atoms with E-state index in [2.05, 4.69) is 33.8 Å². The molecule has 0 radical (unpaired) electrons. The molecule has 0 atom stereocenters. The predicted molar refractivity (Wildman–Crippen MR) is 71.8 cm³/mol. The summed E-state index contributed by atoms with van der Waals surface area (Å²) >= 11 is 0. The molecule has 5 nitrogen and oxygen atoms in total. The summed E-state index contributed by atoms with van der Waals surface area (Å²) in [5, 5.41) is 0. The van der Waals surface area contributed by atoms with Crippen LogP contribution in [0.4, 0.5) is 0 Å². The molecule has 0 unspecified atom stereocenters. The SMILES string of the molecule is CC1(C)COC(c2ccc(-c3ncncn3)cc2)=N1. The lowest BCUT2D eigenvalue weighted by Crippen LogP contribution is -2.17. The van der Waals surface area contributed by atoms with E-state index in [4.69, 9.17) is 4.74 Å². The molecule has 2 aromatic rings. The first kappa shape index (κ1) is 11.8. The quantitative estimate of drug-likeness (QED) is 0.823. The van der Waals surface area contributed by atoms with Crippen molar-refractivity contribution >= 4 is 5.90 Å². The zero-order valence-corrected chi connectivity index (χ0v) is 10.9. The second kappa shape index (κ2) is 4.42. The number of hydrogen-bond acceptors (Lipinski definition) is 5. The van der Waals surface area contributed by atoms with Crippen LogP contribution in [-0.2, 0) is 4.74 Å². The average Bonchev–Trinajstić information content (AvgIpc) is 2.80. The van der Waals surface area contributed by atoms with Crippen molar-refractivity contribution in [3.63, 3.8) is 0 Å². The molecule has 1 aromatic carbocycles. The molecule has 0 fully saturated rings. The van der Waals surface area contributed by atoms with Gasteiger partial charge < -0.3 is 4.74 Å². The van der Waals surface area contributed by atoms with Crippen molar-refractivity contribution in [1.29, 1.82) is 0 Å². The van der Waals surface area contributed by atoms with Crippen molar-refractivity contribution in [3.8, 4) is 11.4 Å². The van der Waals surface area contributed by atoms with E-state index < -0.39 is 0 Å². The lowest BCUT2D eigenvalue weighted by Gasteiger charge is -2.07. The van der Waals surface area contributed by atoms with Crippen molar-refractivity contribution in [1.82, 2.24) is 15.0 Å². The molecule has 5 heteroatoms. The fraction of sp³-hybridized carbons (Fsp3) is 0.286. The monoisotopic (exact) mass is 254 g/mol. The highest BCUT2D eigenvalue weighted by molar-refractivity contribution is 5.95. The van der Waals surface area contributed by atoms with Crippen LogP contribution in [-0.4, -0.2) is 33.0 Å². The van der Waals surface area contributed by atoms with E-state index in [0.29, 0.717) is 18.3 Å². The number of aliphatic imine (C=N–C) groups is 1. The highest BCUT2D eigenvalue weighted by Crippen LogP contribution is 2.22. The molecule has 2 heterocycles. The van der Waals surface area contributed by atoms with Gasteiger partial charge in [-0.15, -0.1) is 0 Å². The summed E-state index contributed by atoms with van der Waals surface area (Å²) < 4.78 is 5.61. The lowest BCUT2D eigenvalue weighted by atomic mass is 10.1. The summed E-state index contributed by atoms with van der Waals surface area (Å²) in [7, 11) is 0. The third-order valence-corrected chi connectivity index (χ3v) is 2.85. The molecule has 96 valence electrons. The van der Waals surface area contributed by atoms with E-state index in [1.807, 2.05) is 24.3 Å². The zero-order valence-electron chi connectivity index (χ0n) is 10.9. The first-order chi connectivity index (χ1) is 9.14. The van der Waals surface area contributed by atoms with Gasteiger partial charge in [0.15, 0.2) is 5.82 Å². The third kappa shape index (κ3) is 2.45. The first-order valence-electron chi connectivity index (χ1n) is 6.09. The molecule has 0 amide bonds. The number of ether oxygens (including phenoxy) is 1. The minimum absolute atomic E-state index is 0.137. The minimum Gasteiger partial charge on any atom is -0.475 e. The van der Waals surface area contributed by atoms with Gasteiger partial charge in [-0.2, -0.15) is 0 Å². The maximum atomic E-state index is 5.61. The van der Waals surface area contributed by atoms with Crippen molar-refractivity contribution in [2.75, 3.05) is 6.61 Å². The largest absolute Gasteiger partial charge is 0.475 e. The van der Waals surface area contributed by atoms with Gasteiger partial charge in [0, 0.05) is 11.1 Å². The maximum absolute atomic E-state index is 5.61. The number of rotatable bonds is 2. The Balaban J connectivity index is 1.88. The second-order valence-corrected chi connectivity index (χ2v) is 5.06. The number of benzene rings is 1.